The first kappa shape index (κ1) is 20.6. The number of anilines is 2. The number of nitrogens with zero attached hydrogens (tertiary/aromatic N) is 10. The topological polar surface area (TPSA) is 114 Å². The summed E-state index contributed by atoms with van der Waals surface area (Å²) in [7, 11) is 0. The number of halogens is 1. The summed E-state index contributed by atoms with van der Waals surface area (Å²) < 4.78 is 2.14. The Kier molecular flexibility index (Phi) is 4.21. The molecule has 1 saturated carbocycles. The Morgan fingerprint density at radius 1 is 0.971 bits per heavy atom. The van der Waals surface area contributed by atoms with E-state index in [4.69, 9.17) is 16.9 Å². The molecule has 0 N–H and O–H groups in total. The number of fused-ring (bicyclic) bond motifs is 3. The molecule has 1 spiro atoms. The van der Waals surface area contributed by atoms with Crippen LogP contribution >= 0.6 is 11.6 Å². The van der Waals surface area contributed by atoms with Crippen LogP contribution in [0.4, 0.5) is 11.9 Å². The summed E-state index contributed by atoms with van der Waals surface area (Å²) in [6.07, 6.45) is 3.40. The molecule has 3 aromatic rings. The van der Waals surface area contributed by atoms with Gasteiger partial charge in [-0.15, -0.1) is 10.2 Å². The van der Waals surface area contributed by atoms with Gasteiger partial charge in [0.15, 0.2) is 5.82 Å². The van der Waals surface area contributed by atoms with Gasteiger partial charge in [0.2, 0.25) is 11.9 Å². The van der Waals surface area contributed by atoms with Gasteiger partial charge in [-0.05, 0) is 42.7 Å². The SMILES string of the molecule is N#Cc1ccnc(N2CC3(C2)CN(c2nnc4n2-c2ccc(Cl)cc2CN(C2(C#N)CC2)C4)C3)n1. The van der Waals surface area contributed by atoms with E-state index in [9.17, 15) is 5.26 Å². The third-order valence-electron chi connectivity index (χ3n) is 7.65. The van der Waals surface area contributed by atoms with Crippen molar-refractivity contribution in [2.75, 3.05) is 36.0 Å². The van der Waals surface area contributed by atoms with Crippen LogP contribution in [0.25, 0.3) is 5.69 Å². The maximum Gasteiger partial charge on any atom is 0.231 e. The first-order valence-electron chi connectivity index (χ1n) is 11.6. The molecule has 10 nitrogen and oxygen atoms in total. The predicted octanol–water partition coefficient (Wildman–Crippen LogP) is 2.28. The van der Waals surface area contributed by atoms with E-state index >= 15 is 0 Å². The van der Waals surface area contributed by atoms with E-state index in [0.717, 1.165) is 62.0 Å². The molecule has 4 aliphatic rings. The van der Waals surface area contributed by atoms with Crippen LogP contribution in [0, 0.1) is 28.1 Å². The average Bonchev–Trinajstić information content (AvgIpc) is 3.55. The summed E-state index contributed by atoms with van der Waals surface area (Å²) in [4.78, 5) is 15.3. The zero-order valence-electron chi connectivity index (χ0n) is 18.9. The highest BCUT2D eigenvalue weighted by molar-refractivity contribution is 6.30. The average molecular weight is 485 g/mol. The van der Waals surface area contributed by atoms with Crippen molar-refractivity contribution >= 4 is 23.5 Å². The molecule has 2 aromatic heterocycles. The molecule has 0 bridgehead atoms. The fourth-order valence-corrected chi connectivity index (χ4v) is 5.88. The molecule has 11 heteroatoms. The lowest BCUT2D eigenvalue weighted by atomic mass is 9.73. The molecule has 1 aliphatic carbocycles. The van der Waals surface area contributed by atoms with E-state index in [0.29, 0.717) is 29.8 Å². The molecular weight excluding hydrogens is 464 g/mol. The number of rotatable bonds is 3. The van der Waals surface area contributed by atoms with E-state index in [2.05, 4.69) is 51.6 Å². The van der Waals surface area contributed by atoms with Crippen LogP contribution in [0.5, 0.6) is 0 Å². The van der Waals surface area contributed by atoms with Crippen LogP contribution < -0.4 is 9.80 Å². The van der Waals surface area contributed by atoms with Gasteiger partial charge in [0, 0.05) is 49.4 Å². The zero-order chi connectivity index (χ0) is 23.8. The molecular formula is C24H21ClN10. The molecule has 2 saturated heterocycles. The van der Waals surface area contributed by atoms with E-state index < -0.39 is 5.54 Å². The molecule has 3 aliphatic heterocycles. The number of nitriles is 2. The monoisotopic (exact) mass is 484 g/mol. The van der Waals surface area contributed by atoms with Gasteiger partial charge in [-0.1, -0.05) is 11.6 Å². The Morgan fingerprint density at radius 2 is 1.77 bits per heavy atom. The van der Waals surface area contributed by atoms with Crippen LogP contribution in [0.15, 0.2) is 30.5 Å². The van der Waals surface area contributed by atoms with Crippen LogP contribution in [-0.4, -0.2) is 61.4 Å². The lowest BCUT2D eigenvalue weighted by molar-refractivity contribution is 0.152. The second-order valence-electron chi connectivity index (χ2n) is 10.1. The van der Waals surface area contributed by atoms with Crippen molar-refractivity contribution in [1.82, 2.24) is 29.6 Å². The van der Waals surface area contributed by atoms with Gasteiger partial charge in [0.25, 0.3) is 0 Å². The van der Waals surface area contributed by atoms with Crippen molar-refractivity contribution < 1.29 is 0 Å². The molecule has 5 heterocycles. The Labute approximate surface area is 207 Å². The summed E-state index contributed by atoms with van der Waals surface area (Å²) in [5.41, 5.74) is 2.24. The summed E-state index contributed by atoms with van der Waals surface area (Å²) in [6.45, 7) is 4.68. The molecule has 3 fully saturated rings. The molecule has 0 atom stereocenters. The minimum atomic E-state index is -0.415. The van der Waals surface area contributed by atoms with Crippen LogP contribution in [-0.2, 0) is 13.1 Å². The van der Waals surface area contributed by atoms with Gasteiger partial charge in [0.1, 0.15) is 17.3 Å². The Balaban J connectivity index is 1.15. The van der Waals surface area contributed by atoms with E-state index in [-0.39, 0.29) is 5.41 Å². The largest absolute Gasteiger partial charge is 0.339 e. The van der Waals surface area contributed by atoms with Crippen molar-refractivity contribution in [3.05, 3.63) is 52.6 Å². The third kappa shape index (κ3) is 3.10. The highest BCUT2D eigenvalue weighted by Gasteiger charge is 2.54. The molecule has 174 valence electrons. The molecule has 7 rings (SSSR count). The molecule has 0 radical (unpaired) electrons. The van der Waals surface area contributed by atoms with Gasteiger partial charge in [-0.2, -0.15) is 10.5 Å². The van der Waals surface area contributed by atoms with E-state index in [1.54, 1.807) is 12.3 Å². The third-order valence-corrected chi connectivity index (χ3v) is 7.89. The maximum absolute atomic E-state index is 9.82. The van der Waals surface area contributed by atoms with Crippen molar-refractivity contribution in [2.45, 2.75) is 31.5 Å². The molecule has 35 heavy (non-hydrogen) atoms. The molecule has 1 aromatic carbocycles. The summed E-state index contributed by atoms with van der Waals surface area (Å²) >= 11 is 6.36. The van der Waals surface area contributed by atoms with Crippen molar-refractivity contribution in [2.24, 2.45) is 5.41 Å². The van der Waals surface area contributed by atoms with Gasteiger partial charge in [0.05, 0.1) is 18.3 Å². The summed E-state index contributed by atoms with van der Waals surface area (Å²) in [5, 5.41) is 28.8. The normalized spacial score (nSPS) is 21.1. The fraction of sp³-hybridized carbons (Fsp3) is 0.417. The van der Waals surface area contributed by atoms with Crippen molar-refractivity contribution in [3.8, 4) is 17.8 Å². The van der Waals surface area contributed by atoms with Crippen molar-refractivity contribution in [3.63, 3.8) is 0 Å². The number of benzene rings is 1. The summed E-state index contributed by atoms with van der Waals surface area (Å²) in [6, 6.07) is 12.1. The Morgan fingerprint density at radius 3 is 2.51 bits per heavy atom. The Bertz CT molecular complexity index is 1430. The second-order valence-corrected chi connectivity index (χ2v) is 10.5. The second kappa shape index (κ2) is 7.14. The number of hydrogen-bond donors (Lipinski definition) is 0. The fourth-order valence-electron chi connectivity index (χ4n) is 5.68. The highest BCUT2D eigenvalue weighted by Crippen LogP contribution is 2.46. The van der Waals surface area contributed by atoms with E-state index in [1.165, 1.54) is 0 Å². The molecule has 0 unspecified atom stereocenters. The van der Waals surface area contributed by atoms with Crippen molar-refractivity contribution in [1.29, 1.82) is 10.5 Å². The van der Waals surface area contributed by atoms with Crippen LogP contribution in [0.3, 0.4) is 0 Å². The van der Waals surface area contributed by atoms with Gasteiger partial charge < -0.3 is 9.80 Å². The smallest absolute Gasteiger partial charge is 0.231 e. The minimum absolute atomic E-state index is 0.164. The lowest BCUT2D eigenvalue weighted by Gasteiger charge is -2.60. The van der Waals surface area contributed by atoms with Gasteiger partial charge in [-0.3, -0.25) is 9.47 Å². The van der Waals surface area contributed by atoms with E-state index in [1.807, 2.05) is 18.2 Å². The standard InChI is InChI=1S/C24H21ClN10/c25-17-1-2-19-16(7-17)9-34(24(11-27)4-5-24)10-20-30-31-22(35(19)20)33-14-23(15-33)12-32(13-23)21-28-6-3-18(8-26)29-21/h1-3,6-7H,4-5,9-10,12-15H2. The zero-order valence-corrected chi connectivity index (χ0v) is 19.6. The number of hydrogen-bond acceptors (Lipinski definition) is 9. The Hall–Kier alpha value is -3.73. The highest BCUT2D eigenvalue weighted by atomic mass is 35.5. The summed E-state index contributed by atoms with van der Waals surface area (Å²) in [5.74, 6) is 2.29. The number of aromatic nitrogens is 5. The first-order chi connectivity index (χ1) is 17.0. The van der Waals surface area contributed by atoms with Gasteiger partial charge >= 0.3 is 0 Å². The lowest BCUT2D eigenvalue weighted by Crippen LogP contribution is -2.73. The first-order valence-corrected chi connectivity index (χ1v) is 12.0. The maximum atomic E-state index is 9.82. The van der Waals surface area contributed by atoms with Gasteiger partial charge in [-0.25, -0.2) is 9.97 Å². The minimum Gasteiger partial charge on any atom is -0.339 e. The molecule has 0 amide bonds. The van der Waals surface area contributed by atoms with Crippen LogP contribution in [0.2, 0.25) is 5.02 Å². The quantitative estimate of drug-likeness (QED) is 0.552. The predicted molar refractivity (Wildman–Crippen MR) is 127 cm³/mol. The van der Waals surface area contributed by atoms with Crippen LogP contribution in [0.1, 0.15) is 29.9 Å².